The number of hydrogen-bond acceptors (Lipinski definition) is 5. The minimum absolute atomic E-state index is 0.0777. The normalized spacial score (nSPS) is 19.9. The van der Waals surface area contributed by atoms with E-state index in [1.54, 1.807) is 45.0 Å². The van der Waals surface area contributed by atoms with Crippen molar-refractivity contribution in [3.05, 3.63) is 51.1 Å². The van der Waals surface area contributed by atoms with Crippen LogP contribution in [0.2, 0.25) is 0 Å². The molecule has 2 rings (SSSR count). The summed E-state index contributed by atoms with van der Waals surface area (Å²) in [7, 11) is 0. The second-order valence-corrected chi connectivity index (χ2v) is 7.05. The van der Waals surface area contributed by atoms with Gasteiger partial charge in [0.1, 0.15) is 10.4 Å². The summed E-state index contributed by atoms with van der Waals surface area (Å²) in [5.41, 5.74) is 1.49. The van der Waals surface area contributed by atoms with Crippen LogP contribution in [0.1, 0.15) is 37.8 Å². The van der Waals surface area contributed by atoms with E-state index in [0.29, 0.717) is 16.8 Å². The molecule has 0 saturated heterocycles. The van der Waals surface area contributed by atoms with Crippen LogP contribution in [0, 0.1) is 5.92 Å². The quantitative estimate of drug-likeness (QED) is 0.506. The van der Waals surface area contributed by atoms with Crippen LogP contribution in [0.5, 0.6) is 0 Å². The fourth-order valence-corrected chi connectivity index (χ4v) is 3.65. The number of aliphatic carboxylic acids is 2. The van der Waals surface area contributed by atoms with Crippen LogP contribution in [-0.4, -0.2) is 40.4 Å². The monoisotopic (exact) mass is 449 g/mol. The van der Waals surface area contributed by atoms with Crippen LogP contribution in [0.3, 0.4) is 0 Å². The zero-order valence-corrected chi connectivity index (χ0v) is 17.2. The van der Waals surface area contributed by atoms with E-state index in [1.165, 1.54) is 6.08 Å². The van der Waals surface area contributed by atoms with Crippen LogP contribution in [0.25, 0.3) is 6.08 Å². The molecule has 148 valence electrons. The molecule has 7 nitrogen and oxygen atoms in total. The summed E-state index contributed by atoms with van der Waals surface area (Å²) in [6.07, 6.45) is 1.50. The summed E-state index contributed by atoms with van der Waals surface area (Å²) < 4.78 is 5.09. The second kappa shape index (κ2) is 8.97. The van der Waals surface area contributed by atoms with Crippen LogP contribution in [-0.2, 0) is 19.1 Å². The van der Waals surface area contributed by atoms with Crippen molar-refractivity contribution in [2.45, 2.75) is 26.7 Å². The first kappa shape index (κ1) is 21.6. The molecule has 0 spiro atoms. The average Bonchev–Trinajstić information content (AvgIpc) is 2.60. The summed E-state index contributed by atoms with van der Waals surface area (Å²) in [5, 5.41) is 19.5. The van der Waals surface area contributed by atoms with Crippen molar-refractivity contribution >= 4 is 45.6 Å². The van der Waals surface area contributed by atoms with Gasteiger partial charge in [0.25, 0.3) is 0 Å². The molecule has 1 aliphatic rings. The molecule has 1 aromatic rings. The summed E-state index contributed by atoms with van der Waals surface area (Å²) >= 11 is 3.17. The molecule has 1 aromatic carbocycles. The van der Waals surface area contributed by atoms with E-state index in [0.717, 1.165) is 0 Å². The minimum Gasteiger partial charge on any atom is -0.481 e. The Bertz CT molecular complexity index is 915. The van der Waals surface area contributed by atoms with Gasteiger partial charge in [-0.25, -0.2) is 9.59 Å². The first-order valence-corrected chi connectivity index (χ1v) is 9.33. The number of benzene rings is 1. The topological polar surface area (TPSA) is 113 Å². The molecule has 2 N–H and O–H groups in total. The lowest BCUT2D eigenvalue weighted by atomic mass is 9.74. The van der Waals surface area contributed by atoms with Crippen molar-refractivity contribution in [1.29, 1.82) is 0 Å². The highest BCUT2D eigenvalue weighted by Crippen LogP contribution is 2.41. The van der Waals surface area contributed by atoms with E-state index >= 15 is 0 Å². The number of allylic oxidation sites excluding steroid dienone is 1. The lowest BCUT2D eigenvalue weighted by Crippen LogP contribution is -2.35. The van der Waals surface area contributed by atoms with Gasteiger partial charge >= 0.3 is 17.9 Å². The Morgan fingerprint density at radius 2 is 1.86 bits per heavy atom. The minimum atomic E-state index is -1.23. The number of carbonyl (C=O) groups is 3. The zero-order valence-electron chi connectivity index (χ0n) is 15.6. The summed E-state index contributed by atoms with van der Waals surface area (Å²) in [6.45, 7) is 5.00. The van der Waals surface area contributed by atoms with Crippen molar-refractivity contribution in [2.24, 2.45) is 10.9 Å². The van der Waals surface area contributed by atoms with E-state index in [2.05, 4.69) is 20.9 Å². The molecular formula is C20H20BrNO6. The van der Waals surface area contributed by atoms with Crippen LogP contribution < -0.4 is 0 Å². The molecule has 0 saturated carbocycles. The smallest absolute Gasteiger partial charge is 0.345 e. The molecular weight excluding hydrogens is 430 g/mol. The van der Waals surface area contributed by atoms with Gasteiger partial charge in [-0.2, -0.15) is 0 Å². The largest absolute Gasteiger partial charge is 0.481 e. The van der Waals surface area contributed by atoms with Gasteiger partial charge in [-0.3, -0.25) is 9.79 Å². The van der Waals surface area contributed by atoms with E-state index in [1.807, 2.05) is 0 Å². The highest BCUT2D eigenvalue weighted by Gasteiger charge is 2.41. The highest BCUT2D eigenvalue weighted by molar-refractivity contribution is 9.12. The molecule has 0 aliphatic carbocycles. The molecule has 1 aliphatic heterocycles. The van der Waals surface area contributed by atoms with E-state index in [4.69, 9.17) is 4.74 Å². The van der Waals surface area contributed by atoms with Gasteiger partial charge < -0.3 is 14.9 Å². The third-order valence-electron chi connectivity index (χ3n) is 4.41. The number of carbonyl (C=O) groups excluding carboxylic acids is 1. The Balaban J connectivity index is 2.69. The molecule has 0 amide bonds. The van der Waals surface area contributed by atoms with Gasteiger partial charge in [0, 0.05) is 17.3 Å². The molecule has 0 radical (unpaired) electrons. The van der Waals surface area contributed by atoms with Crippen LogP contribution in [0.15, 0.2) is 45.0 Å². The van der Waals surface area contributed by atoms with Gasteiger partial charge in [-0.1, -0.05) is 24.3 Å². The van der Waals surface area contributed by atoms with Crippen molar-refractivity contribution in [1.82, 2.24) is 0 Å². The van der Waals surface area contributed by atoms with E-state index in [-0.39, 0.29) is 22.4 Å². The first-order valence-electron chi connectivity index (χ1n) is 8.54. The summed E-state index contributed by atoms with van der Waals surface area (Å²) in [6, 6.07) is 6.76. The fourth-order valence-electron chi connectivity index (χ4n) is 3.29. The average molecular weight is 450 g/mol. The molecule has 8 heteroatoms. The maximum Gasteiger partial charge on any atom is 0.345 e. The molecule has 0 fully saturated rings. The van der Waals surface area contributed by atoms with Gasteiger partial charge in [0.05, 0.1) is 12.2 Å². The van der Waals surface area contributed by atoms with E-state index in [9.17, 15) is 24.6 Å². The zero-order chi connectivity index (χ0) is 21.0. The highest BCUT2D eigenvalue weighted by atomic mass is 79.9. The van der Waals surface area contributed by atoms with Crippen molar-refractivity contribution < 1.29 is 29.3 Å². The number of esters is 1. The molecule has 1 heterocycles. The Morgan fingerprint density at radius 1 is 1.21 bits per heavy atom. The maximum atomic E-state index is 12.0. The van der Waals surface area contributed by atoms with Gasteiger partial charge in [-0.05, 0) is 53.9 Å². The SMILES string of the molecule is CCOC(=O)C(Br)=Cc1ccccc1C1C(C(=O)O)=C(C)N=C(C)C1C(=O)O. The fraction of sp³-hybridized carbons (Fsp3) is 0.300. The molecule has 0 bridgehead atoms. The number of carboxylic acids is 2. The Hall–Kier alpha value is -2.74. The van der Waals surface area contributed by atoms with Gasteiger partial charge in [-0.15, -0.1) is 0 Å². The number of halogens is 1. The lowest BCUT2D eigenvalue weighted by molar-refractivity contribution is -0.140. The molecule has 2 atom stereocenters. The third kappa shape index (κ3) is 4.39. The first-order chi connectivity index (χ1) is 13.2. The number of hydrogen-bond donors (Lipinski definition) is 2. The lowest BCUT2D eigenvalue weighted by Gasteiger charge is -2.30. The van der Waals surface area contributed by atoms with E-state index < -0.39 is 29.7 Å². The van der Waals surface area contributed by atoms with Crippen LogP contribution >= 0.6 is 15.9 Å². The van der Waals surface area contributed by atoms with Crippen molar-refractivity contribution in [3.63, 3.8) is 0 Å². The van der Waals surface area contributed by atoms with Gasteiger partial charge in [0.2, 0.25) is 0 Å². The van der Waals surface area contributed by atoms with Crippen LogP contribution in [0.4, 0.5) is 0 Å². The Labute approximate surface area is 170 Å². The Morgan fingerprint density at radius 3 is 2.43 bits per heavy atom. The summed E-state index contributed by atoms with van der Waals surface area (Å²) in [4.78, 5) is 40.0. The predicted octanol–water partition coefficient (Wildman–Crippen LogP) is 3.60. The second-order valence-electron chi connectivity index (χ2n) is 6.19. The van der Waals surface area contributed by atoms with Crippen molar-refractivity contribution in [2.75, 3.05) is 6.61 Å². The Kier molecular flexibility index (Phi) is 6.90. The molecule has 0 aromatic heterocycles. The molecule has 2 unspecified atom stereocenters. The van der Waals surface area contributed by atoms with Gasteiger partial charge in [0.15, 0.2) is 0 Å². The number of aliphatic imine (C=N–C) groups is 1. The third-order valence-corrected chi connectivity index (χ3v) is 4.96. The maximum absolute atomic E-state index is 12.0. The summed E-state index contributed by atoms with van der Waals surface area (Å²) in [5.74, 6) is -5.05. The number of nitrogens with zero attached hydrogens (tertiary/aromatic N) is 1. The number of rotatable bonds is 6. The predicted molar refractivity (Wildman–Crippen MR) is 107 cm³/mol. The number of carboxylic acid groups (broad SMARTS) is 2. The van der Waals surface area contributed by atoms with Crippen molar-refractivity contribution in [3.8, 4) is 0 Å². The molecule has 28 heavy (non-hydrogen) atoms. The standard InChI is InChI=1S/C20H20BrNO6/c1-4-28-20(27)14(21)9-12-7-5-6-8-13(12)17-15(18(23)24)10(2)22-11(3)16(17)19(25)26/h5-9,15,17H,4H2,1-3H3,(H,23,24)(H,25,26). The number of ether oxygens (including phenoxy) is 1.